The number of nitrogens with zero attached hydrogens (tertiary/aromatic N) is 2. The normalized spacial score (nSPS) is 21.8. The molecule has 0 saturated heterocycles. The molecule has 0 atom stereocenters. The highest BCUT2D eigenvalue weighted by molar-refractivity contribution is 6.10. The molecule has 0 aromatic carbocycles. The highest BCUT2D eigenvalue weighted by atomic mass is 16.3. The van der Waals surface area contributed by atoms with E-state index in [2.05, 4.69) is 6.07 Å². The van der Waals surface area contributed by atoms with E-state index in [-0.39, 0.29) is 12.3 Å². The summed E-state index contributed by atoms with van der Waals surface area (Å²) in [6.45, 7) is 0. The Balaban J connectivity index is 2.06. The van der Waals surface area contributed by atoms with Gasteiger partial charge in [0.2, 0.25) is 5.91 Å². The SMILES string of the molecule is N#CC1(N2C(=O)Cc3occc3C2=O)CCCC1. The zero-order chi connectivity index (χ0) is 12.8. The van der Waals surface area contributed by atoms with Crippen molar-refractivity contribution in [1.82, 2.24) is 4.90 Å². The van der Waals surface area contributed by atoms with Crippen LogP contribution in [0.15, 0.2) is 16.7 Å². The summed E-state index contributed by atoms with van der Waals surface area (Å²) in [4.78, 5) is 25.6. The van der Waals surface area contributed by atoms with E-state index < -0.39 is 11.4 Å². The fraction of sp³-hybridized carbons (Fsp3) is 0.462. The Bertz CT molecular complexity index is 561. The molecule has 1 saturated carbocycles. The summed E-state index contributed by atoms with van der Waals surface area (Å²) in [5, 5.41) is 9.38. The van der Waals surface area contributed by atoms with Crippen molar-refractivity contribution in [2.45, 2.75) is 37.6 Å². The molecule has 0 unspecified atom stereocenters. The monoisotopic (exact) mass is 244 g/mol. The molecule has 0 bridgehead atoms. The molecule has 0 radical (unpaired) electrons. The quantitative estimate of drug-likeness (QED) is 0.704. The highest BCUT2D eigenvalue weighted by Gasteiger charge is 2.49. The van der Waals surface area contributed by atoms with Crippen molar-refractivity contribution in [3.05, 3.63) is 23.7 Å². The van der Waals surface area contributed by atoms with E-state index in [1.165, 1.54) is 6.26 Å². The molecule has 0 spiro atoms. The van der Waals surface area contributed by atoms with Gasteiger partial charge < -0.3 is 4.42 Å². The number of hydrogen-bond donors (Lipinski definition) is 0. The van der Waals surface area contributed by atoms with E-state index in [4.69, 9.17) is 4.42 Å². The standard InChI is InChI=1S/C13H12N2O3/c14-8-13(4-1-2-5-13)15-11(16)7-10-9(12(15)17)3-6-18-10/h3,6H,1-2,4-5,7H2. The summed E-state index contributed by atoms with van der Waals surface area (Å²) in [6, 6.07) is 3.75. The molecule has 1 aliphatic heterocycles. The van der Waals surface area contributed by atoms with Gasteiger partial charge in [0.1, 0.15) is 11.3 Å². The Hall–Kier alpha value is -2.09. The van der Waals surface area contributed by atoms with Crippen molar-refractivity contribution in [3.63, 3.8) is 0 Å². The zero-order valence-electron chi connectivity index (χ0n) is 9.81. The average Bonchev–Trinajstić information content (AvgIpc) is 2.98. The molecular weight excluding hydrogens is 232 g/mol. The van der Waals surface area contributed by atoms with Crippen LogP contribution in [-0.2, 0) is 11.2 Å². The van der Waals surface area contributed by atoms with E-state index in [9.17, 15) is 14.9 Å². The van der Waals surface area contributed by atoms with Crippen LogP contribution in [0.3, 0.4) is 0 Å². The lowest BCUT2D eigenvalue weighted by molar-refractivity contribution is -0.132. The van der Waals surface area contributed by atoms with E-state index in [0.717, 1.165) is 17.7 Å². The summed E-state index contributed by atoms with van der Waals surface area (Å²) in [5.74, 6) is -0.309. The summed E-state index contributed by atoms with van der Waals surface area (Å²) in [5.41, 5.74) is -0.528. The second-order valence-electron chi connectivity index (χ2n) is 4.82. The minimum atomic E-state index is -0.941. The van der Waals surface area contributed by atoms with Gasteiger partial charge >= 0.3 is 0 Å². The molecule has 5 nitrogen and oxygen atoms in total. The summed E-state index contributed by atoms with van der Waals surface area (Å²) < 4.78 is 5.12. The Morgan fingerprint density at radius 2 is 2.06 bits per heavy atom. The maximum atomic E-state index is 12.3. The number of carbonyl (C=O) groups is 2. The molecule has 2 aliphatic rings. The number of carbonyl (C=O) groups excluding carboxylic acids is 2. The van der Waals surface area contributed by atoms with Gasteiger partial charge in [-0.05, 0) is 31.7 Å². The lowest BCUT2D eigenvalue weighted by Gasteiger charge is -2.35. The molecule has 92 valence electrons. The van der Waals surface area contributed by atoms with E-state index in [0.29, 0.717) is 24.2 Å². The first-order valence-electron chi connectivity index (χ1n) is 6.03. The number of nitriles is 1. The zero-order valence-corrected chi connectivity index (χ0v) is 9.81. The van der Waals surface area contributed by atoms with Crippen molar-refractivity contribution >= 4 is 11.8 Å². The van der Waals surface area contributed by atoms with Crippen molar-refractivity contribution in [3.8, 4) is 6.07 Å². The van der Waals surface area contributed by atoms with Gasteiger partial charge in [0.15, 0.2) is 0 Å². The van der Waals surface area contributed by atoms with Gasteiger partial charge in [0, 0.05) is 0 Å². The van der Waals surface area contributed by atoms with Crippen molar-refractivity contribution in [1.29, 1.82) is 5.26 Å². The minimum absolute atomic E-state index is 0.0670. The molecular formula is C13H12N2O3. The molecule has 1 aliphatic carbocycles. The van der Waals surface area contributed by atoms with Crippen molar-refractivity contribution < 1.29 is 14.0 Å². The Morgan fingerprint density at radius 1 is 1.33 bits per heavy atom. The van der Waals surface area contributed by atoms with Crippen molar-refractivity contribution in [2.24, 2.45) is 0 Å². The molecule has 2 heterocycles. The number of amides is 2. The number of hydrogen-bond acceptors (Lipinski definition) is 4. The summed E-state index contributed by atoms with van der Waals surface area (Å²) in [7, 11) is 0. The third-order valence-corrected chi connectivity index (χ3v) is 3.81. The van der Waals surface area contributed by atoms with E-state index in [1.54, 1.807) is 6.07 Å². The summed E-state index contributed by atoms with van der Waals surface area (Å²) >= 11 is 0. The van der Waals surface area contributed by atoms with Crippen molar-refractivity contribution in [2.75, 3.05) is 0 Å². The largest absolute Gasteiger partial charge is 0.468 e. The molecule has 18 heavy (non-hydrogen) atoms. The van der Waals surface area contributed by atoms with Crippen LogP contribution < -0.4 is 0 Å². The molecule has 1 aromatic rings. The molecule has 0 N–H and O–H groups in total. The van der Waals surface area contributed by atoms with Gasteiger partial charge in [0.05, 0.1) is 24.3 Å². The average molecular weight is 244 g/mol. The van der Waals surface area contributed by atoms with E-state index >= 15 is 0 Å². The van der Waals surface area contributed by atoms with Gasteiger partial charge in [-0.3, -0.25) is 14.5 Å². The third kappa shape index (κ3) is 1.32. The van der Waals surface area contributed by atoms with Crippen LogP contribution in [-0.4, -0.2) is 22.3 Å². The molecule has 1 fully saturated rings. The molecule has 2 amide bonds. The molecule has 5 heteroatoms. The smallest absolute Gasteiger partial charge is 0.265 e. The van der Waals surface area contributed by atoms with Crippen LogP contribution in [0.5, 0.6) is 0 Å². The lowest BCUT2D eigenvalue weighted by Crippen LogP contribution is -2.55. The van der Waals surface area contributed by atoms with Gasteiger partial charge in [-0.2, -0.15) is 5.26 Å². The topological polar surface area (TPSA) is 74.3 Å². The fourth-order valence-electron chi connectivity index (χ4n) is 2.90. The Kier molecular flexibility index (Phi) is 2.27. The number of fused-ring (bicyclic) bond motifs is 1. The maximum absolute atomic E-state index is 12.3. The first kappa shape index (κ1) is 11.0. The predicted octanol–water partition coefficient (Wildman–Crippen LogP) is 1.64. The fourth-order valence-corrected chi connectivity index (χ4v) is 2.90. The van der Waals surface area contributed by atoms with Crippen LogP contribution in [0, 0.1) is 11.3 Å². The maximum Gasteiger partial charge on any atom is 0.265 e. The van der Waals surface area contributed by atoms with Crippen LogP contribution >= 0.6 is 0 Å². The number of furan rings is 1. The second kappa shape index (κ2) is 3.70. The Morgan fingerprint density at radius 3 is 2.72 bits per heavy atom. The molecule has 1 aromatic heterocycles. The lowest BCUT2D eigenvalue weighted by atomic mass is 9.93. The van der Waals surface area contributed by atoms with Crippen LogP contribution in [0.4, 0.5) is 0 Å². The van der Waals surface area contributed by atoms with Gasteiger partial charge in [-0.25, -0.2) is 0 Å². The van der Waals surface area contributed by atoms with E-state index in [1.807, 2.05) is 0 Å². The van der Waals surface area contributed by atoms with Crippen LogP contribution in [0.2, 0.25) is 0 Å². The Labute approximate surface area is 104 Å². The first-order chi connectivity index (χ1) is 8.68. The van der Waals surface area contributed by atoms with Gasteiger partial charge in [-0.15, -0.1) is 0 Å². The first-order valence-corrected chi connectivity index (χ1v) is 6.03. The highest BCUT2D eigenvalue weighted by Crippen LogP contribution is 2.38. The number of rotatable bonds is 1. The second-order valence-corrected chi connectivity index (χ2v) is 4.82. The van der Waals surface area contributed by atoms with Crippen LogP contribution in [0.25, 0.3) is 0 Å². The summed E-state index contributed by atoms with van der Waals surface area (Å²) in [6.07, 6.45) is 4.39. The van der Waals surface area contributed by atoms with Gasteiger partial charge in [0.25, 0.3) is 5.91 Å². The van der Waals surface area contributed by atoms with Crippen LogP contribution in [0.1, 0.15) is 41.8 Å². The predicted molar refractivity (Wildman–Crippen MR) is 60.4 cm³/mol. The minimum Gasteiger partial charge on any atom is -0.468 e. The van der Waals surface area contributed by atoms with Gasteiger partial charge in [-0.1, -0.05) is 0 Å². The number of imide groups is 1. The third-order valence-electron chi connectivity index (χ3n) is 3.81. The molecule has 3 rings (SSSR count).